The Labute approximate surface area is 210 Å². The predicted molar refractivity (Wildman–Crippen MR) is 140 cm³/mol. The van der Waals surface area contributed by atoms with Gasteiger partial charge in [0.25, 0.3) is 0 Å². The van der Waals surface area contributed by atoms with E-state index in [4.69, 9.17) is 0 Å². The monoisotopic (exact) mass is 497 g/mol. The molecule has 0 aromatic carbocycles. The standard InChI is InChI=1S/C26H47N3O4S/c1-17(30)18(27-11)12-13-34-19-14-20(31)29(21(19)32)26(9,10)16-24(5,6)22(33)28-25(7,8)15-23(2,3)4/h18-19,27H,12-16H2,1-11H3,(H,28,33)/t18-,19?/m0/s1. The maximum absolute atomic E-state index is 13.2. The van der Waals surface area contributed by atoms with Crippen LogP contribution in [0.25, 0.3) is 0 Å². The first-order chi connectivity index (χ1) is 15.2. The molecule has 1 heterocycles. The number of nitrogens with one attached hydrogen (secondary N) is 2. The summed E-state index contributed by atoms with van der Waals surface area (Å²) in [6.45, 7) is 19.5. The van der Waals surface area contributed by atoms with Gasteiger partial charge in [0.2, 0.25) is 17.7 Å². The van der Waals surface area contributed by atoms with Crippen LogP contribution in [0.1, 0.15) is 94.9 Å². The maximum Gasteiger partial charge on any atom is 0.243 e. The molecule has 0 aromatic rings. The zero-order chi connectivity index (χ0) is 26.7. The molecule has 2 atom stereocenters. The van der Waals surface area contributed by atoms with E-state index in [2.05, 4.69) is 31.4 Å². The molecule has 1 fully saturated rings. The average Bonchev–Trinajstić information content (AvgIpc) is 2.89. The summed E-state index contributed by atoms with van der Waals surface area (Å²) in [6.07, 6.45) is 1.95. The van der Waals surface area contributed by atoms with Gasteiger partial charge in [-0.3, -0.25) is 24.1 Å². The number of carbonyl (C=O) groups excluding carboxylic acids is 4. The fourth-order valence-corrected chi connectivity index (χ4v) is 6.50. The molecule has 1 rings (SSSR count). The van der Waals surface area contributed by atoms with Crippen molar-refractivity contribution in [2.45, 2.75) is 117 Å². The summed E-state index contributed by atoms with van der Waals surface area (Å²) >= 11 is 1.43. The zero-order valence-corrected chi connectivity index (χ0v) is 24.0. The Balaban J connectivity index is 2.86. The first-order valence-corrected chi connectivity index (χ1v) is 13.3. The molecule has 1 aliphatic rings. The molecule has 0 saturated carbocycles. The lowest BCUT2D eigenvalue weighted by Gasteiger charge is -2.41. The van der Waals surface area contributed by atoms with Gasteiger partial charge < -0.3 is 10.6 Å². The van der Waals surface area contributed by atoms with Crippen molar-refractivity contribution in [3.63, 3.8) is 0 Å². The molecule has 0 aliphatic carbocycles. The van der Waals surface area contributed by atoms with Crippen LogP contribution in [0.4, 0.5) is 0 Å². The van der Waals surface area contributed by atoms with Gasteiger partial charge in [-0.1, -0.05) is 34.6 Å². The molecule has 0 bridgehead atoms. The fraction of sp³-hybridized carbons (Fsp3) is 0.846. The van der Waals surface area contributed by atoms with E-state index < -0.39 is 16.2 Å². The van der Waals surface area contributed by atoms with Gasteiger partial charge in [0.15, 0.2) is 0 Å². The lowest BCUT2D eigenvalue weighted by Crippen LogP contribution is -2.55. The Morgan fingerprint density at radius 2 is 1.59 bits per heavy atom. The minimum atomic E-state index is -0.800. The van der Waals surface area contributed by atoms with Gasteiger partial charge >= 0.3 is 0 Å². The van der Waals surface area contributed by atoms with Crippen LogP contribution in [0.5, 0.6) is 0 Å². The van der Waals surface area contributed by atoms with Crippen molar-refractivity contribution in [2.75, 3.05) is 12.8 Å². The molecule has 8 heteroatoms. The molecule has 1 saturated heterocycles. The fourth-order valence-electron chi connectivity index (χ4n) is 5.34. The van der Waals surface area contributed by atoms with E-state index in [-0.39, 0.29) is 46.9 Å². The van der Waals surface area contributed by atoms with Crippen molar-refractivity contribution < 1.29 is 19.2 Å². The van der Waals surface area contributed by atoms with Crippen LogP contribution in [0.15, 0.2) is 0 Å². The lowest BCUT2D eigenvalue weighted by molar-refractivity contribution is -0.148. The van der Waals surface area contributed by atoms with Crippen LogP contribution in [0.3, 0.4) is 0 Å². The van der Waals surface area contributed by atoms with Crippen molar-refractivity contribution in [1.82, 2.24) is 15.5 Å². The SMILES string of the molecule is CN[C@@H](CCSC1CC(=O)N(C(C)(C)CC(C)(C)C(=O)NC(C)(C)CC(C)(C)C)C1=O)C(C)=O. The number of Topliss-reactive ketones (excluding diaryl/α,β-unsaturated/α-hetero) is 1. The van der Waals surface area contributed by atoms with Crippen LogP contribution in [-0.4, -0.2) is 63.6 Å². The minimum Gasteiger partial charge on any atom is -0.351 e. The van der Waals surface area contributed by atoms with Crippen molar-refractivity contribution in [2.24, 2.45) is 10.8 Å². The van der Waals surface area contributed by atoms with E-state index in [1.54, 1.807) is 14.0 Å². The van der Waals surface area contributed by atoms with Crippen LogP contribution in [0.2, 0.25) is 0 Å². The Hall–Kier alpha value is -1.41. The summed E-state index contributed by atoms with van der Waals surface area (Å²) < 4.78 is 0. The quantitative estimate of drug-likeness (QED) is 0.397. The van der Waals surface area contributed by atoms with E-state index in [0.29, 0.717) is 18.6 Å². The van der Waals surface area contributed by atoms with Gasteiger partial charge in [-0.05, 0) is 72.1 Å². The number of rotatable bonds is 12. The molecule has 1 unspecified atom stereocenters. The molecule has 0 spiro atoms. The normalized spacial score (nSPS) is 18.9. The zero-order valence-electron chi connectivity index (χ0n) is 23.2. The molecular formula is C26H47N3O4S. The third-order valence-electron chi connectivity index (χ3n) is 6.19. The van der Waals surface area contributed by atoms with Gasteiger partial charge in [-0.2, -0.15) is 0 Å². The molecule has 0 aromatic heterocycles. The number of hydrogen-bond acceptors (Lipinski definition) is 6. The van der Waals surface area contributed by atoms with E-state index in [1.165, 1.54) is 16.7 Å². The third-order valence-corrected chi connectivity index (χ3v) is 7.43. The number of ketones is 1. The van der Waals surface area contributed by atoms with Gasteiger partial charge in [0.1, 0.15) is 5.78 Å². The maximum atomic E-state index is 13.2. The van der Waals surface area contributed by atoms with E-state index in [1.807, 2.05) is 41.5 Å². The van der Waals surface area contributed by atoms with E-state index >= 15 is 0 Å². The summed E-state index contributed by atoms with van der Waals surface area (Å²) in [7, 11) is 1.74. The van der Waals surface area contributed by atoms with Crippen LogP contribution < -0.4 is 10.6 Å². The highest BCUT2D eigenvalue weighted by Gasteiger charge is 2.49. The third kappa shape index (κ3) is 8.67. The van der Waals surface area contributed by atoms with Gasteiger partial charge in [0.05, 0.1) is 11.3 Å². The number of likely N-dealkylation sites (N-methyl/N-ethyl adjacent to an activating group) is 1. The molecule has 1 aliphatic heterocycles. The Morgan fingerprint density at radius 3 is 2.06 bits per heavy atom. The van der Waals surface area contributed by atoms with E-state index in [9.17, 15) is 19.2 Å². The number of thioether (sulfide) groups is 1. The summed E-state index contributed by atoms with van der Waals surface area (Å²) in [5.41, 5.74) is -1.88. The molecule has 3 amide bonds. The number of amides is 3. The number of carbonyl (C=O) groups is 4. The van der Waals surface area contributed by atoms with Crippen LogP contribution in [-0.2, 0) is 19.2 Å². The summed E-state index contributed by atoms with van der Waals surface area (Å²) in [5, 5.41) is 5.72. The Bertz CT molecular complexity index is 783. The van der Waals surface area contributed by atoms with Crippen molar-refractivity contribution >= 4 is 35.3 Å². The second-order valence-corrected chi connectivity index (χ2v) is 14.1. The smallest absolute Gasteiger partial charge is 0.243 e. The largest absolute Gasteiger partial charge is 0.351 e. The summed E-state index contributed by atoms with van der Waals surface area (Å²) in [6, 6.07) is -0.242. The molecule has 2 N–H and O–H groups in total. The second kappa shape index (κ2) is 11.1. The number of hydrogen-bond donors (Lipinski definition) is 2. The first-order valence-electron chi connectivity index (χ1n) is 12.2. The molecule has 0 radical (unpaired) electrons. The van der Waals surface area contributed by atoms with Crippen LogP contribution >= 0.6 is 11.8 Å². The highest BCUT2D eigenvalue weighted by atomic mass is 32.2. The highest BCUT2D eigenvalue weighted by molar-refractivity contribution is 8.00. The average molecular weight is 498 g/mol. The van der Waals surface area contributed by atoms with Gasteiger partial charge in [-0.25, -0.2) is 0 Å². The first kappa shape index (κ1) is 30.6. The summed E-state index contributed by atoms with van der Waals surface area (Å²) in [5.74, 6) is 0.189. The van der Waals surface area contributed by atoms with Crippen LogP contribution in [0, 0.1) is 10.8 Å². The topological polar surface area (TPSA) is 95.6 Å². The predicted octanol–water partition coefficient (Wildman–Crippen LogP) is 3.94. The molecular weight excluding hydrogens is 450 g/mol. The van der Waals surface area contributed by atoms with Crippen molar-refractivity contribution in [3.05, 3.63) is 0 Å². The van der Waals surface area contributed by atoms with Crippen molar-refractivity contribution in [1.29, 1.82) is 0 Å². The second-order valence-electron chi connectivity index (χ2n) is 12.8. The Kier molecular flexibility index (Phi) is 10.0. The minimum absolute atomic E-state index is 0.0610. The Morgan fingerprint density at radius 1 is 1.03 bits per heavy atom. The van der Waals surface area contributed by atoms with Crippen molar-refractivity contribution in [3.8, 4) is 0 Å². The number of nitrogens with zero attached hydrogens (tertiary/aromatic N) is 1. The lowest BCUT2D eigenvalue weighted by atomic mass is 9.76. The van der Waals surface area contributed by atoms with E-state index in [0.717, 1.165) is 6.42 Å². The summed E-state index contributed by atoms with van der Waals surface area (Å²) in [4.78, 5) is 52.3. The van der Waals surface area contributed by atoms with Gasteiger partial charge in [-0.15, -0.1) is 11.8 Å². The number of imide groups is 1. The highest BCUT2D eigenvalue weighted by Crippen LogP contribution is 2.38. The number of likely N-dealkylation sites (tertiary alicyclic amines) is 1. The molecule has 196 valence electrons. The van der Waals surface area contributed by atoms with Gasteiger partial charge in [0, 0.05) is 22.9 Å². The molecule has 34 heavy (non-hydrogen) atoms. The molecule has 7 nitrogen and oxygen atoms in total.